The Balaban J connectivity index is 0.00000237. The standard InChI is InChI=1S/C29H21ClF3N3O3S.C2H6/c1-2-39-29(38)26-22(10-6-16-3-7-18(31)8-4-16)36-27(30)19(14-34)25(26)23-11-12-24(40-23)28(37)35-15-17-5-9-20(32)21(33)13-17;1-2/h3-5,7-9,11-13H,2,6,10,15H2,1H3,(H,35,37);1-2H3. The van der Waals surface area contributed by atoms with Gasteiger partial charge >= 0.3 is 5.97 Å². The quantitative estimate of drug-likeness (QED) is 0.154. The van der Waals surface area contributed by atoms with Crippen LogP contribution in [0.25, 0.3) is 10.4 Å². The van der Waals surface area contributed by atoms with Crippen molar-refractivity contribution in [2.45, 2.75) is 40.2 Å². The Hall–Kier alpha value is -4.20. The molecule has 1 N–H and O–H groups in total. The van der Waals surface area contributed by atoms with Crippen molar-refractivity contribution in [3.05, 3.63) is 110 Å². The van der Waals surface area contributed by atoms with Gasteiger partial charge in [0.25, 0.3) is 5.91 Å². The first-order chi connectivity index (χ1) is 20.2. The van der Waals surface area contributed by atoms with E-state index in [9.17, 15) is 28.0 Å². The maximum absolute atomic E-state index is 13.5. The number of carbonyl (C=O) groups excluding carboxylic acids is 2. The van der Waals surface area contributed by atoms with E-state index in [0.717, 1.165) is 29.0 Å². The number of nitrogens with zero attached hydrogens (tertiary/aromatic N) is 2. The van der Waals surface area contributed by atoms with Gasteiger partial charge in [0.1, 0.15) is 17.0 Å². The second-order valence-corrected chi connectivity index (χ2v) is 9.97. The Kier molecular flexibility index (Phi) is 11.7. The summed E-state index contributed by atoms with van der Waals surface area (Å²) in [6.45, 7) is 5.67. The molecule has 2 aromatic heterocycles. The van der Waals surface area contributed by atoms with E-state index in [1.807, 2.05) is 19.9 Å². The Morgan fingerprint density at radius 1 is 1.00 bits per heavy atom. The molecule has 218 valence electrons. The fraction of sp³-hybridized carbons (Fsp3) is 0.226. The van der Waals surface area contributed by atoms with Crippen LogP contribution in [0.15, 0.2) is 54.6 Å². The molecule has 0 aliphatic heterocycles. The summed E-state index contributed by atoms with van der Waals surface area (Å²) in [5, 5.41) is 12.4. The summed E-state index contributed by atoms with van der Waals surface area (Å²) < 4.78 is 45.3. The van der Waals surface area contributed by atoms with E-state index in [0.29, 0.717) is 22.6 Å². The summed E-state index contributed by atoms with van der Waals surface area (Å²) in [6, 6.07) is 14.3. The third-order valence-electron chi connectivity index (χ3n) is 5.90. The van der Waals surface area contributed by atoms with Gasteiger partial charge in [-0.25, -0.2) is 22.9 Å². The molecule has 42 heavy (non-hydrogen) atoms. The van der Waals surface area contributed by atoms with Gasteiger partial charge in [0.2, 0.25) is 0 Å². The van der Waals surface area contributed by atoms with Gasteiger partial charge in [-0.3, -0.25) is 4.79 Å². The predicted octanol–water partition coefficient (Wildman–Crippen LogP) is 7.67. The molecule has 4 aromatic rings. The number of esters is 1. The highest BCUT2D eigenvalue weighted by Gasteiger charge is 2.27. The van der Waals surface area contributed by atoms with Gasteiger partial charge in [-0.1, -0.05) is 43.6 Å². The highest BCUT2D eigenvalue weighted by Crippen LogP contribution is 2.38. The molecule has 0 atom stereocenters. The molecular weight excluding hydrogens is 587 g/mol. The molecule has 1 amide bonds. The van der Waals surface area contributed by atoms with Crippen LogP contribution in [0.2, 0.25) is 5.15 Å². The Bertz CT molecular complexity index is 1620. The van der Waals surface area contributed by atoms with E-state index in [-0.39, 0.29) is 52.1 Å². The molecule has 11 heteroatoms. The minimum absolute atomic E-state index is 0.0462. The van der Waals surface area contributed by atoms with E-state index in [1.165, 1.54) is 24.3 Å². The van der Waals surface area contributed by atoms with Crippen molar-refractivity contribution in [1.82, 2.24) is 10.3 Å². The monoisotopic (exact) mass is 613 g/mol. The molecule has 4 rings (SSSR count). The number of nitriles is 1. The fourth-order valence-electron chi connectivity index (χ4n) is 3.98. The van der Waals surface area contributed by atoms with Gasteiger partial charge in [-0.05, 0) is 67.3 Å². The van der Waals surface area contributed by atoms with E-state index < -0.39 is 23.5 Å². The normalized spacial score (nSPS) is 10.3. The van der Waals surface area contributed by atoms with Gasteiger partial charge in [0.15, 0.2) is 11.6 Å². The van der Waals surface area contributed by atoms with Gasteiger partial charge < -0.3 is 10.1 Å². The number of halogens is 4. The van der Waals surface area contributed by atoms with Crippen LogP contribution in [0.1, 0.15) is 63.2 Å². The number of rotatable bonds is 9. The van der Waals surface area contributed by atoms with Crippen LogP contribution in [0.5, 0.6) is 0 Å². The van der Waals surface area contributed by atoms with E-state index in [4.69, 9.17) is 16.3 Å². The van der Waals surface area contributed by atoms with E-state index in [1.54, 1.807) is 25.1 Å². The lowest BCUT2D eigenvalue weighted by Crippen LogP contribution is -2.21. The number of carbonyl (C=O) groups is 2. The molecule has 2 aromatic carbocycles. The van der Waals surface area contributed by atoms with Crippen molar-refractivity contribution in [2.75, 3.05) is 6.61 Å². The first-order valence-electron chi connectivity index (χ1n) is 13.1. The molecule has 0 aliphatic rings. The highest BCUT2D eigenvalue weighted by molar-refractivity contribution is 7.17. The number of hydrogen-bond acceptors (Lipinski definition) is 6. The highest BCUT2D eigenvalue weighted by atomic mass is 35.5. The molecule has 0 unspecified atom stereocenters. The number of nitrogens with one attached hydrogen (secondary N) is 1. The molecule has 0 fully saturated rings. The number of benzene rings is 2. The Labute approximate surface area is 250 Å². The van der Waals surface area contributed by atoms with E-state index in [2.05, 4.69) is 10.3 Å². The van der Waals surface area contributed by atoms with Crippen molar-refractivity contribution in [3.8, 4) is 16.5 Å². The van der Waals surface area contributed by atoms with Crippen LogP contribution >= 0.6 is 22.9 Å². The molecule has 0 spiro atoms. The lowest BCUT2D eigenvalue weighted by atomic mass is 9.96. The summed E-state index contributed by atoms with van der Waals surface area (Å²) in [5.41, 5.74) is 1.66. The summed E-state index contributed by atoms with van der Waals surface area (Å²) in [5.74, 6) is -3.58. The molecule has 0 saturated heterocycles. The second kappa shape index (κ2) is 15.1. The molecule has 0 saturated carbocycles. The number of pyridine rings is 1. The summed E-state index contributed by atoms with van der Waals surface area (Å²) in [4.78, 5) is 30.9. The third kappa shape index (κ3) is 7.75. The summed E-state index contributed by atoms with van der Waals surface area (Å²) in [6.07, 6.45) is 0.647. The van der Waals surface area contributed by atoms with E-state index >= 15 is 0 Å². The number of aromatic nitrogens is 1. The zero-order valence-corrected chi connectivity index (χ0v) is 24.6. The van der Waals surface area contributed by atoms with Crippen LogP contribution in [0.3, 0.4) is 0 Å². The first-order valence-corrected chi connectivity index (χ1v) is 14.3. The van der Waals surface area contributed by atoms with Crippen molar-refractivity contribution in [3.63, 3.8) is 0 Å². The number of ether oxygens (including phenoxy) is 1. The maximum Gasteiger partial charge on any atom is 0.340 e. The summed E-state index contributed by atoms with van der Waals surface area (Å²) in [7, 11) is 0. The maximum atomic E-state index is 13.5. The van der Waals surface area contributed by atoms with Crippen LogP contribution in [0, 0.1) is 28.8 Å². The van der Waals surface area contributed by atoms with Gasteiger partial charge in [-0.2, -0.15) is 5.26 Å². The smallest absolute Gasteiger partial charge is 0.340 e. The average molecular weight is 614 g/mol. The number of hydrogen-bond donors (Lipinski definition) is 1. The predicted molar refractivity (Wildman–Crippen MR) is 156 cm³/mol. The molecule has 0 bridgehead atoms. The SMILES string of the molecule is CC.CCOC(=O)c1c(CCc2ccc(F)cc2)nc(Cl)c(C#N)c1-c1ccc(C(=O)NCc2ccc(F)c(F)c2)s1. The lowest BCUT2D eigenvalue weighted by Gasteiger charge is -2.15. The molecule has 2 heterocycles. The number of amides is 1. The number of aryl methyl sites for hydroxylation is 2. The van der Waals surface area contributed by atoms with Crippen LogP contribution in [-0.2, 0) is 24.1 Å². The molecule has 0 radical (unpaired) electrons. The van der Waals surface area contributed by atoms with Gasteiger partial charge in [0.05, 0.1) is 28.3 Å². The largest absolute Gasteiger partial charge is 0.462 e. The zero-order chi connectivity index (χ0) is 30.8. The second-order valence-electron chi connectivity index (χ2n) is 8.53. The van der Waals surface area contributed by atoms with Crippen molar-refractivity contribution in [1.29, 1.82) is 5.26 Å². The topological polar surface area (TPSA) is 92.1 Å². The summed E-state index contributed by atoms with van der Waals surface area (Å²) >= 11 is 7.40. The van der Waals surface area contributed by atoms with Crippen molar-refractivity contribution < 1.29 is 27.5 Å². The Morgan fingerprint density at radius 3 is 2.33 bits per heavy atom. The molecule has 0 aliphatic carbocycles. The number of thiophene rings is 1. The van der Waals surface area contributed by atoms with Crippen LogP contribution < -0.4 is 5.32 Å². The third-order valence-corrected chi connectivity index (χ3v) is 7.27. The van der Waals surface area contributed by atoms with Crippen molar-refractivity contribution >= 4 is 34.8 Å². The lowest BCUT2D eigenvalue weighted by molar-refractivity contribution is 0.0525. The zero-order valence-electron chi connectivity index (χ0n) is 23.1. The van der Waals surface area contributed by atoms with Crippen molar-refractivity contribution in [2.24, 2.45) is 0 Å². The fourth-order valence-corrected chi connectivity index (χ4v) is 5.20. The molecule has 6 nitrogen and oxygen atoms in total. The minimum atomic E-state index is -1.02. The Morgan fingerprint density at radius 2 is 1.69 bits per heavy atom. The minimum Gasteiger partial charge on any atom is -0.462 e. The van der Waals surface area contributed by atoms with Gasteiger partial charge in [0, 0.05) is 17.0 Å². The molecular formula is C31H27ClF3N3O3S. The van der Waals surface area contributed by atoms with Crippen LogP contribution in [0.4, 0.5) is 13.2 Å². The first kappa shape index (κ1) is 32.3. The van der Waals surface area contributed by atoms with Crippen LogP contribution in [-0.4, -0.2) is 23.5 Å². The van der Waals surface area contributed by atoms with Gasteiger partial charge in [-0.15, -0.1) is 11.3 Å². The average Bonchev–Trinajstić information content (AvgIpc) is 3.48.